The van der Waals surface area contributed by atoms with Crippen LogP contribution in [0.2, 0.25) is 0 Å². The van der Waals surface area contributed by atoms with Crippen molar-refractivity contribution in [2.45, 2.75) is 45.1 Å². The maximum atomic E-state index is 3.77. The lowest BCUT2D eigenvalue weighted by Gasteiger charge is -2.33. The number of nitrogens with one attached hydrogen (secondary N) is 2. The normalized spacial score (nSPS) is 23.4. The number of hydrogen-bond acceptors (Lipinski definition) is 3. The van der Waals surface area contributed by atoms with Crippen molar-refractivity contribution in [2.24, 2.45) is 0 Å². The average Bonchev–Trinajstić information content (AvgIpc) is 3.40. The van der Waals surface area contributed by atoms with Gasteiger partial charge in [-0.2, -0.15) is 0 Å². The van der Waals surface area contributed by atoms with E-state index in [0.717, 1.165) is 0 Å². The number of benzene rings is 1. The monoisotopic (exact) mass is 309 g/mol. The van der Waals surface area contributed by atoms with Crippen molar-refractivity contribution in [1.82, 2.24) is 10.2 Å². The maximum Gasteiger partial charge on any atom is 0.0451 e. The highest BCUT2D eigenvalue weighted by atomic mass is 15.2. The molecule has 1 atom stereocenters. The molecule has 2 N–H and O–H groups in total. The first-order chi connectivity index (χ1) is 11.3. The van der Waals surface area contributed by atoms with Crippen molar-refractivity contribution in [3.05, 3.63) is 41.1 Å². The summed E-state index contributed by atoms with van der Waals surface area (Å²) in [6.07, 6.45) is 10.6. The fourth-order valence-electron chi connectivity index (χ4n) is 3.84. The van der Waals surface area contributed by atoms with Gasteiger partial charge in [0.2, 0.25) is 0 Å². The van der Waals surface area contributed by atoms with E-state index in [0.29, 0.717) is 6.04 Å². The lowest BCUT2D eigenvalue weighted by molar-refractivity contribution is 0.217. The molecule has 23 heavy (non-hydrogen) atoms. The predicted molar refractivity (Wildman–Crippen MR) is 98.1 cm³/mol. The third-order valence-electron chi connectivity index (χ3n) is 5.08. The third-order valence-corrected chi connectivity index (χ3v) is 5.08. The van der Waals surface area contributed by atoms with E-state index < -0.39 is 0 Å². The molecule has 122 valence electrons. The first-order valence-electron chi connectivity index (χ1n) is 9.12. The van der Waals surface area contributed by atoms with Gasteiger partial charge in [-0.15, -0.1) is 0 Å². The Balaban J connectivity index is 1.48. The number of hydrogen-bond donors (Lipinski definition) is 2. The van der Waals surface area contributed by atoms with Crippen molar-refractivity contribution in [3.8, 4) is 0 Å². The summed E-state index contributed by atoms with van der Waals surface area (Å²) in [6.45, 7) is 5.94. The molecule has 0 amide bonds. The Kier molecular flexibility index (Phi) is 4.13. The van der Waals surface area contributed by atoms with Crippen molar-refractivity contribution in [1.29, 1.82) is 0 Å². The van der Waals surface area contributed by atoms with Crippen molar-refractivity contribution in [3.63, 3.8) is 0 Å². The van der Waals surface area contributed by atoms with Crippen molar-refractivity contribution in [2.75, 3.05) is 25.0 Å². The summed E-state index contributed by atoms with van der Waals surface area (Å²) in [5.41, 5.74) is 6.88. The van der Waals surface area contributed by atoms with E-state index in [-0.39, 0.29) is 0 Å². The second-order valence-electron chi connectivity index (χ2n) is 7.04. The van der Waals surface area contributed by atoms with E-state index in [9.17, 15) is 0 Å². The molecule has 2 heterocycles. The highest BCUT2D eigenvalue weighted by Gasteiger charge is 2.22. The van der Waals surface area contributed by atoms with Gasteiger partial charge in [-0.3, -0.25) is 0 Å². The topological polar surface area (TPSA) is 27.3 Å². The molecule has 3 heteroatoms. The van der Waals surface area contributed by atoms with Crippen LogP contribution in [-0.4, -0.2) is 30.6 Å². The van der Waals surface area contributed by atoms with Gasteiger partial charge in [-0.1, -0.05) is 13.0 Å². The molecule has 1 aliphatic carbocycles. The second kappa shape index (κ2) is 6.40. The van der Waals surface area contributed by atoms with Crippen LogP contribution in [0, 0.1) is 0 Å². The molecule has 0 spiro atoms. The van der Waals surface area contributed by atoms with Gasteiger partial charge >= 0.3 is 0 Å². The summed E-state index contributed by atoms with van der Waals surface area (Å²) in [7, 11) is 0. The summed E-state index contributed by atoms with van der Waals surface area (Å²) in [6, 6.07) is 7.43. The molecule has 1 aromatic rings. The average molecular weight is 309 g/mol. The second-order valence-corrected chi connectivity index (χ2v) is 7.04. The zero-order valence-corrected chi connectivity index (χ0v) is 14.1. The van der Waals surface area contributed by atoms with Gasteiger partial charge in [0, 0.05) is 35.7 Å². The Bertz CT molecular complexity index is 636. The van der Waals surface area contributed by atoms with Crippen LogP contribution >= 0.6 is 0 Å². The van der Waals surface area contributed by atoms with Crippen LogP contribution in [0.15, 0.2) is 30.0 Å². The molecule has 2 aliphatic heterocycles. The van der Waals surface area contributed by atoms with Crippen LogP contribution in [0.4, 0.5) is 5.69 Å². The zero-order chi connectivity index (χ0) is 15.6. The molecule has 0 radical (unpaired) electrons. The quantitative estimate of drug-likeness (QED) is 0.878. The fourth-order valence-corrected chi connectivity index (χ4v) is 3.84. The summed E-state index contributed by atoms with van der Waals surface area (Å²) in [5.74, 6) is 0. The Morgan fingerprint density at radius 1 is 1.30 bits per heavy atom. The van der Waals surface area contributed by atoms with Crippen LogP contribution in [0.1, 0.15) is 50.2 Å². The molecule has 1 unspecified atom stereocenters. The molecule has 0 bridgehead atoms. The summed E-state index contributed by atoms with van der Waals surface area (Å²) in [4.78, 5) is 2.60. The minimum absolute atomic E-state index is 0.584. The molecule has 4 rings (SSSR count). The van der Waals surface area contributed by atoms with Crippen LogP contribution < -0.4 is 10.6 Å². The van der Waals surface area contributed by atoms with Crippen LogP contribution in [-0.2, 0) is 0 Å². The van der Waals surface area contributed by atoms with E-state index in [1.165, 1.54) is 74.2 Å². The number of piperidine rings is 1. The first kappa shape index (κ1) is 14.8. The lowest BCUT2D eigenvalue weighted by atomic mass is 9.99. The Hall–Kier alpha value is -1.74. The fraction of sp³-hybridized carbons (Fsp3) is 0.500. The minimum atomic E-state index is 0.584. The number of nitrogens with zero attached hydrogens (tertiary/aromatic N) is 1. The number of fused-ring (bicyclic) bond motifs is 1. The summed E-state index contributed by atoms with van der Waals surface area (Å²) in [5, 5.41) is 7.20. The number of allylic oxidation sites excluding steroid dienone is 1. The summed E-state index contributed by atoms with van der Waals surface area (Å²) >= 11 is 0. The van der Waals surface area contributed by atoms with Gasteiger partial charge in [-0.05, 0) is 74.5 Å². The van der Waals surface area contributed by atoms with E-state index in [4.69, 9.17) is 0 Å². The third kappa shape index (κ3) is 3.30. The molecule has 3 nitrogen and oxygen atoms in total. The maximum absolute atomic E-state index is 3.77. The SMILES string of the molecule is CCCN1CCCC(Nc2ccc3c(c2)C=CNC3=C2CC2)C1. The Labute approximate surface area is 139 Å². The van der Waals surface area contributed by atoms with Crippen LogP contribution in [0.5, 0.6) is 0 Å². The largest absolute Gasteiger partial charge is 0.381 e. The minimum Gasteiger partial charge on any atom is -0.381 e. The van der Waals surface area contributed by atoms with Crippen LogP contribution in [0.25, 0.3) is 11.8 Å². The zero-order valence-electron chi connectivity index (χ0n) is 14.1. The van der Waals surface area contributed by atoms with E-state index in [1.807, 2.05) is 0 Å². The van der Waals surface area contributed by atoms with Gasteiger partial charge in [-0.25, -0.2) is 0 Å². The van der Waals surface area contributed by atoms with E-state index >= 15 is 0 Å². The highest BCUT2D eigenvalue weighted by Crippen LogP contribution is 2.38. The molecular formula is C20H27N3. The number of rotatable bonds is 4. The van der Waals surface area contributed by atoms with Crippen molar-refractivity contribution < 1.29 is 0 Å². The Morgan fingerprint density at radius 3 is 3.04 bits per heavy atom. The highest BCUT2D eigenvalue weighted by molar-refractivity contribution is 5.82. The van der Waals surface area contributed by atoms with Crippen molar-refractivity contribution >= 4 is 17.5 Å². The van der Waals surface area contributed by atoms with Gasteiger partial charge in [0.1, 0.15) is 0 Å². The molecule has 0 aromatic heterocycles. The van der Waals surface area contributed by atoms with Crippen LogP contribution in [0.3, 0.4) is 0 Å². The molecule has 2 fully saturated rings. The molecule has 3 aliphatic rings. The molecule has 1 aromatic carbocycles. The van der Waals surface area contributed by atoms with E-state index in [1.54, 1.807) is 5.57 Å². The molecule has 1 saturated carbocycles. The van der Waals surface area contributed by atoms with Gasteiger partial charge in [0.15, 0.2) is 0 Å². The smallest absolute Gasteiger partial charge is 0.0451 e. The van der Waals surface area contributed by atoms with E-state index in [2.05, 4.69) is 52.9 Å². The number of anilines is 1. The lowest BCUT2D eigenvalue weighted by Crippen LogP contribution is -2.42. The van der Waals surface area contributed by atoms with Gasteiger partial charge in [0.05, 0.1) is 0 Å². The standard InChI is InChI=1S/C20H27N3/c1-2-11-23-12-3-4-18(14-23)22-17-7-8-19-16(13-17)9-10-21-20(19)15-5-6-15/h7-10,13,18,21-22H,2-6,11-12,14H2,1H3. The molecular weight excluding hydrogens is 282 g/mol. The first-order valence-corrected chi connectivity index (χ1v) is 9.12. The summed E-state index contributed by atoms with van der Waals surface area (Å²) < 4.78 is 0. The Morgan fingerprint density at radius 2 is 2.22 bits per heavy atom. The van der Waals surface area contributed by atoms with Gasteiger partial charge in [0.25, 0.3) is 0 Å². The van der Waals surface area contributed by atoms with Gasteiger partial charge < -0.3 is 15.5 Å². The number of likely N-dealkylation sites (tertiary alicyclic amines) is 1. The molecule has 1 saturated heterocycles. The predicted octanol–water partition coefficient (Wildman–Crippen LogP) is 4.05.